The van der Waals surface area contributed by atoms with E-state index in [2.05, 4.69) is 15.4 Å². The number of aliphatic carboxylic acids is 1. The summed E-state index contributed by atoms with van der Waals surface area (Å²) in [6.07, 6.45) is 1.54. The van der Waals surface area contributed by atoms with Crippen molar-refractivity contribution in [3.05, 3.63) is 36.2 Å². The van der Waals surface area contributed by atoms with Crippen LogP contribution in [0.3, 0.4) is 0 Å². The summed E-state index contributed by atoms with van der Waals surface area (Å²) >= 11 is 0. The smallest absolute Gasteiger partial charge is 0.322 e. The molecule has 2 rings (SSSR count). The predicted octanol–water partition coefficient (Wildman–Crippen LogP) is 2.50. The Kier molecular flexibility index (Phi) is 5.41. The van der Waals surface area contributed by atoms with Gasteiger partial charge in [0.25, 0.3) is 0 Å². The quantitative estimate of drug-likeness (QED) is 0.867. The van der Waals surface area contributed by atoms with E-state index in [4.69, 9.17) is 5.11 Å². The van der Waals surface area contributed by atoms with Crippen molar-refractivity contribution in [2.45, 2.75) is 32.6 Å². The molecule has 8 heteroatoms. The molecule has 0 spiro atoms. The molecule has 0 bridgehead atoms. The molecule has 0 atom stereocenters. The first kappa shape index (κ1) is 18.4. The molecule has 134 valence electrons. The van der Waals surface area contributed by atoms with Gasteiger partial charge >= 0.3 is 12.0 Å². The summed E-state index contributed by atoms with van der Waals surface area (Å²) in [7, 11) is 1.55. The molecule has 0 radical (unpaired) electrons. The molecular weight excluding hydrogens is 322 g/mol. The van der Waals surface area contributed by atoms with E-state index in [1.54, 1.807) is 36.1 Å². The largest absolute Gasteiger partial charge is 0.481 e. The fourth-order valence-corrected chi connectivity index (χ4v) is 2.06. The van der Waals surface area contributed by atoms with E-state index in [-0.39, 0.29) is 18.4 Å². The molecule has 8 nitrogen and oxygen atoms in total. The van der Waals surface area contributed by atoms with Crippen molar-refractivity contribution < 1.29 is 14.7 Å². The average Bonchev–Trinajstić information content (AvgIpc) is 2.97. The average molecular weight is 345 g/mol. The third kappa shape index (κ3) is 4.79. The predicted molar refractivity (Wildman–Crippen MR) is 94.0 cm³/mol. The number of rotatable bonds is 5. The van der Waals surface area contributed by atoms with E-state index < -0.39 is 12.0 Å². The molecule has 2 heterocycles. The Balaban J connectivity index is 2.28. The molecule has 0 aliphatic rings. The Morgan fingerprint density at radius 2 is 2.04 bits per heavy atom. The van der Waals surface area contributed by atoms with Crippen LogP contribution in [0.25, 0.3) is 5.82 Å². The summed E-state index contributed by atoms with van der Waals surface area (Å²) in [5, 5.41) is 16.1. The number of carboxylic acid groups (broad SMARTS) is 1. The van der Waals surface area contributed by atoms with E-state index in [1.165, 1.54) is 4.90 Å². The summed E-state index contributed by atoms with van der Waals surface area (Å²) in [6.45, 7) is 6.21. The first-order valence-corrected chi connectivity index (χ1v) is 7.94. The third-order valence-electron chi connectivity index (χ3n) is 3.59. The van der Waals surface area contributed by atoms with E-state index >= 15 is 0 Å². The number of carbonyl (C=O) groups is 2. The summed E-state index contributed by atoms with van der Waals surface area (Å²) in [4.78, 5) is 28.6. The summed E-state index contributed by atoms with van der Waals surface area (Å²) in [6, 6.07) is 6.83. The van der Waals surface area contributed by atoms with E-state index in [0.717, 1.165) is 5.69 Å². The second-order valence-corrected chi connectivity index (χ2v) is 6.76. The van der Waals surface area contributed by atoms with Gasteiger partial charge in [-0.2, -0.15) is 9.78 Å². The molecule has 0 aliphatic carbocycles. The minimum atomic E-state index is -0.951. The van der Waals surface area contributed by atoms with Crippen LogP contribution in [0, 0.1) is 0 Å². The zero-order valence-corrected chi connectivity index (χ0v) is 14.9. The number of aromatic nitrogens is 3. The van der Waals surface area contributed by atoms with Crippen LogP contribution in [0.2, 0.25) is 0 Å². The first-order valence-electron chi connectivity index (χ1n) is 7.94. The lowest BCUT2D eigenvalue weighted by molar-refractivity contribution is -0.137. The van der Waals surface area contributed by atoms with Gasteiger partial charge in [-0.15, -0.1) is 0 Å². The van der Waals surface area contributed by atoms with Gasteiger partial charge in [-0.1, -0.05) is 26.8 Å². The summed E-state index contributed by atoms with van der Waals surface area (Å²) < 4.78 is 1.57. The van der Waals surface area contributed by atoms with Crippen molar-refractivity contribution in [2.75, 3.05) is 18.9 Å². The maximum Gasteiger partial charge on any atom is 0.322 e. The number of nitrogens with zero attached hydrogens (tertiary/aromatic N) is 4. The Hall–Kier alpha value is -2.90. The normalized spacial score (nSPS) is 11.2. The monoisotopic (exact) mass is 345 g/mol. The molecule has 25 heavy (non-hydrogen) atoms. The van der Waals surface area contributed by atoms with E-state index in [9.17, 15) is 9.59 Å². The Bertz CT molecular complexity index is 749. The molecule has 0 aliphatic heterocycles. The number of nitrogens with one attached hydrogen (secondary N) is 1. The topological polar surface area (TPSA) is 100 Å². The van der Waals surface area contributed by atoms with Gasteiger partial charge in [0.2, 0.25) is 0 Å². The molecular formula is C17H23N5O3. The highest BCUT2D eigenvalue weighted by molar-refractivity contribution is 5.88. The van der Waals surface area contributed by atoms with Crippen LogP contribution < -0.4 is 5.32 Å². The molecule has 2 aromatic rings. The SMILES string of the molecule is CN(CCC(=O)O)C(=O)Nc1cc(C(C)(C)C)nn1-c1ccccn1. The Morgan fingerprint density at radius 3 is 2.60 bits per heavy atom. The third-order valence-corrected chi connectivity index (χ3v) is 3.59. The number of carboxylic acids is 1. The lowest BCUT2D eigenvalue weighted by Gasteiger charge is -2.17. The summed E-state index contributed by atoms with van der Waals surface area (Å²) in [5.74, 6) is 0.116. The van der Waals surface area contributed by atoms with E-state index in [1.807, 2.05) is 26.8 Å². The number of pyridine rings is 1. The number of amides is 2. The maximum atomic E-state index is 12.3. The number of anilines is 1. The van der Waals surface area contributed by atoms with Gasteiger partial charge in [0.1, 0.15) is 5.82 Å². The van der Waals surface area contributed by atoms with Gasteiger partial charge < -0.3 is 10.0 Å². The molecule has 0 fully saturated rings. The summed E-state index contributed by atoms with van der Waals surface area (Å²) in [5.41, 5.74) is 0.607. The fraction of sp³-hybridized carbons (Fsp3) is 0.412. The van der Waals surface area contributed by atoms with Crippen LogP contribution in [0.5, 0.6) is 0 Å². The van der Waals surface area contributed by atoms with Crippen molar-refractivity contribution >= 4 is 17.8 Å². The van der Waals surface area contributed by atoms with Gasteiger partial charge in [0.05, 0.1) is 12.1 Å². The van der Waals surface area contributed by atoms with E-state index in [0.29, 0.717) is 11.6 Å². The Morgan fingerprint density at radius 1 is 1.32 bits per heavy atom. The maximum absolute atomic E-state index is 12.3. The van der Waals surface area contributed by atoms with Crippen molar-refractivity contribution in [2.24, 2.45) is 0 Å². The molecule has 2 amide bonds. The second-order valence-electron chi connectivity index (χ2n) is 6.76. The van der Waals surface area contributed by atoms with Gasteiger partial charge in [0, 0.05) is 31.3 Å². The molecule has 2 aromatic heterocycles. The van der Waals surface area contributed by atoms with Crippen LogP contribution in [-0.2, 0) is 10.2 Å². The zero-order chi connectivity index (χ0) is 18.6. The Labute approximate surface area is 146 Å². The lowest BCUT2D eigenvalue weighted by Crippen LogP contribution is -2.33. The minimum Gasteiger partial charge on any atom is -0.481 e. The van der Waals surface area contributed by atoms with Crippen LogP contribution in [0.1, 0.15) is 32.9 Å². The minimum absolute atomic E-state index is 0.114. The van der Waals surface area contributed by atoms with Crippen molar-refractivity contribution in [3.8, 4) is 5.82 Å². The molecule has 0 unspecified atom stereocenters. The highest BCUT2D eigenvalue weighted by Crippen LogP contribution is 2.25. The number of carbonyl (C=O) groups excluding carboxylic acids is 1. The van der Waals surface area contributed by atoms with Gasteiger partial charge in [-0.3, -0.25) is 10.1 Å². The van der Waals surface area contributed by atoms with Crippen molar-refractivity contribution in [3.63, 3.8) is 0 Å². The van der Waals surface area contributed by atoms with Crippen LogP contribution >= 0.6 is 0 Å². The van der Waals surface area contributed by atoms with Crippen LogP contribution in [-0.4, -0.2) is 50.4 Å². The van der Waals surface area contributed by atoms with Gasteiger partial charge in [-0.25, -0.2) is 9.78 Å². The van der Waals surface area contributed by atoms with Crippen molar-refractivity contribution in [1.82, 2.24) is 19.7 Å². The molecule has 2 N–H and O–H groups in total. The lowest BCUT2D eigenvalue weighted by atomic mass is 9.92. The highest BCUT2D eigenvalue weighted by Gasteiger charge is 2.22. The van der Waals surface area contributed by atoms with Crippen LogP contribution in [0.4, 0.5) is 10.6 Å². The van der Waals surface area contributed by atoms with Crippen molar-refractivity contribution in [1.29, 1.82) is 0 Å². The fourth-order valence-electron chi connectivity index (χ4n) is 2.06. The second kappa shape index (κ2) is 7.33. The number of hydrogen-bond acceptors (Lipinski definition) is 4. The number of hydrogen-bond donors (Lipinski definition) is 2. The van der Waals surface area contributed by atoms with Crippen LogP contribution in [0.15, 0.2) is 30.5 Å². The standard InChI is InChI=1S/C17H23N5O3/c1-17(2,3)12-11-14(19-16(25)21(4)10-8-15(23)24)22(20-12)13-7-5-6-9-18-13/h5-7,9,11H,8,10H2,1-4H3,(H,19,25)(H,23,24). The molecule has 0 aromatic carbocycles. The molecule has 0 saturated heterocycles. The zero-order valence-electron chi connectivity index (χ0n) is 14.9. The van der Waals surface area contributed by atoms with Gasteiger partial charge in [0.15, 0.2) is 5.82 Å². The number of urea groups is 1. The molecule has 0 saturated carbocycles. The highest BCUT2D eigenvalue weighted by atomic mass is 16.4. The van der Waals surface area contributed by atoms with Gasteiger partial charge in [-0.05, 0) is 12.1 Å². The first-order chi connectivity index (χ1) is 11.7.